The summed E-state index contributed by atoms with van der Waals surface area (Å²) in [6.45, 7) is 1.73. The van der Waals surface area contributed by atoms with Crippen LogP contribution in [0.3, 0.4) is 0 Å². The molecule has 2 aromatic carbocycles. The van der Waals surface area contributed by atoms with E-state index in [1.54, 1.807) is 24.0 Å². The zero-order chi connectivity index (χ0) is 29.7. The number of aldehydes is 1. The normalized spacial score (nSPS) is 14.1. The number of imidazole rings is 1. The van der Waals surface area contributed by atoms with E-state index in [1.165, 1.54) is 12.1 Å². The molecule has 4 heterocycles. The number of aromatic hydroxyl groups is 1. The van der Waals surface area contributed by atoms with Crippen molar-refractivity contribution >= 4 is 29.2 Å². The van der Waals surface area contributed by atoms with Gasteiger partial charge in [-0.3, -0.25) is 14.2 Å². The largest absolute Gasteiger partial charge is 0.507 e. The van der Waals surface area contributed by atoms with Crippen LogP contribution in [-0.2, 0) is 6.42 Å². The van der Waals surface area contributed by atoms with Crippen LogP contribution in [0.4, 0.5) is 5.82 Å². The second-order valence-corrected chi connectivity index (χ2v) is 10.5. The van der Waals surface area contributed by atoms with E-state index >= 15 is 0 Å². The molecule has 0 radical (unpaired) electrons. The molecule has 0 bridgehead atoms. The number of nitrogen functional groups attached to an aromatic ring is 1. The summed E-state index contributed by atoms with van der Waals surface area (Å²) >= 11 is 0. The Bertz CT molecular complexity index is 2050. The lowest BCUT2D eigenvalue weighted by molar-refractivity contribution is 0.0936. The van der Waals surface area contributed by atoms with Gasteiger partial charge in [-0.2, -0.15) is 5.10 Å². The van der Waals surface area contributed by atoms with E-state index in [0.717, 1.165) is 29.7 Å². The maximum atomic E-state index is 13.2. The molecule has 1 amide bonds. The molecule has 11 heteroatoms. The number of benzene rings is 2. The molecule has 43 heavy (non-hydrogen) atoms. The Kier molecular flexibility index (Phi) is 6.19. The van der Waals surface area contributed by atoms with E-state index in [9.17, 15) is 14.7 Å². The van der Waals surface area contributed by atoms with Crippen LogP contribution in [0.25, 0.3) is 34.1 Å². The summed E-state index contributed by atoms with van der Waals surface area (Å²) in [4.78, 5) is 38.6. The predicted molar refractivity (Wildman–Crippen MR) is 160 cm³/mol. The van der Waals surface area contributed by atoms with Gasteiger partial charge in [0.2, 0.25) is 0 Å². The van der Waals surface area contributed by atoms with Gasteiger partial charge >= 0.3 is 0 Å². The van der Waals surface area contributed by atoms with Crippen molar-refractivity contribution in [3.05, 3.63) is 107 Å². The highest BCUT2D eigenvalue weighted by atomic mass is 16.3. The van der Waals surface area contributed by atoms with Crippen LogP contribution in [-0.4, -0.2) is 46.6 Å². The molecule has 7 rings (SSSR count). The van der Waals surface area contributed by atoms with Crippen LogP contribution in [0.1, 0.15) is 49.9 Å². The van der Waals surface area contributed by atoms with E-state index in [0.29, 0.717) is 51.6 Å². The summed E-state index contributed by atoms with van der Waals surface area (Å²) < 4.78 is 3.67. The van der Waals surface area contributed by atoms with E-state index in [-0.39, 0.29) is 23.3 Å². The van der Waals surface area contributed by atoms with Crippen molar-refractivity contribution in [3.8, 4) is 28.6 Å². The molecule has 212 valence electrons. The molecule has 0 spiro atoms. The number of carbonyl (C=O) groups is 2. The molecule has 0 fully saturated rings. The van der Waals surface area contributed by atoms with Crippen LogP contribution >= 0.6 is 0 Å². The Balaban J connectivity index is 1.29. The van der Waals surface area contributed by atoms with Gasteiger partial charge in [0.25, 0.3) is 5.91 Å². The molecule has 1 atom stereocenters. The number of nitrogens with one attached hydrogen (secondary N) is 1. The van der Waals surface area contributed by atoms with Gasteiger partial charge in [0, 0.05) is 29.8 Å². The third-order valence-electron chi connectivity index (χ3n) is 7.82. The van der Waals surface area contributed by atoms with Gasteiger partial charge in [-0.25, -0.2) is 19.6 Å². The molecule has 0 unspecified atom stereocenters. The third-order valence-corrected chi connectivity index (χ3v) is 7.82. The number of fused-ring (bicyclic) bond motifs is 2. The standard InChI is InChI=1S/C32H26N8O3/c1-18-14-27(42)20(17-41)16-24(18)32(43)37-25-8-5-19-15-21(6-7-22(19)25)40-30(23-4-2-11-34-29(23)33)36-26-9-10-28(38-31(26)40)39-13-3-12-35-39/h2-4,6-7,9-17,25,42H,5,8H2,1H3,(H2,33,34)(H,37,43)/t25-/m0/s1. The number of phenolic OH excluding ortho intramolecular Hbond substituents is 1. The molecule has 4 aromatic heterocycles. The van der Waals surface area contributed by atoms with Crippen LogP contribution in [0.5, 0.6) is 5.75 Å². The molecule has 4 N–H and O–H groups in total. The quantitative estimate of drug-likeness (QED) is 0.248. The SMILES string of the molecule is Cc1cc(O)c(C=O)cc1C(=O)N[C@H]1CCc2cc(-n3c(-c4cccnc4N)nc4ccc(-n5cccn5)nc43)ccc21. The molecule has 1 aliphatic rings. The number of rotatable bonds is 6. The molecule has 0 saturated carbocycles. The average molecular weight is 571 g/mol. The first-order valence-corrected chi connectivity index (χ1v) is 13.7. The molecule has 0 saturated heterocycles. The summed E-state index contributed by atoms with van der Waals surface area (Å²) in [6, 6.07) is 18.1. The maximum absolute atomic E-state index is 13.2. The van der Waals surface area contributed by atoms with Crippen molar-refractivity contribution in [3.63, 3.8) is 0 Å². The second-order valence-electron chi connectivity index (χ2n) is 10.5. The number of aromatic nitrogens is 6. The first kappa shape index (κ1) is 26.1. The fraction of sp³-hybridized carbons (Fsp3) is 0.125. The number of hydrogen-bond acceptors (Lipinski definition) is 8. The van der Waals surface area contributed by atoms with E-state index < -0.39 is 0 Å². The fourth-order valence-corrected chi connectivity index (χ4v) is 5.69. The molecule has 0 aliphatic heterocycles. The van der Waals surface area contributed by atoms with Crippen LogP contribution < -0.4 is 11.1 Å². The summed E-state index contributed by atoms with van der Waals surface area (Å²) in [5.74, 6) is 1.18. The zero-order valence-electron chi connectivity index (χ0n) is 23.1. The van der Waals surface area contributed by atoms with Crippen molar-refractivity contribution in [2.24, 2.45) is 0 Å². The van der Waals surface area contributed by atoms with E-state index in [2.05, 4.69) is 21.5 Å². The van der Waals surface area contributed by atoms with Crippen molar-refractivity contribution in [2.75, 3.05) is 5.73 Å². The lowest BCUT2D eigenvalue weighted by atomic mass is 10.0. The Morgan fingerprint density at radius 2 is 1.98 bits per heavy atom. The van der Waals surface area contributed by atoms with Crippen molar-refractivity contribution in [2.45, 2.75) is 25.8 Å². The number of phenols is 1. The summed E-state index contributed by atoms with van der Waals surface area (Å²) in [5.41, 5.74) is 12.3. The minimum atomic E-state index is -0.298. The average Bonchev–Trinajstić information content (AvgIpc) is 3.76. The van der Waals surface area contributed by atoms with Crippen LogP contribution in [0, 0.1) is 6.92 Å². The molecule has 1 aliphatic carbocycles. The van der Waals surface area contributed by atoms with Gasteiger partial charge in [-0.15, -0.1) is 0 Å². The molecule has 11 nitrogen and oxygen atoms in total. The fourth-order valence-electron chi connectivity index (χ4n) is 5.69. The number of hydrogen-bond donors (Lipinski definition) is 3. The van der Waals surface area contributed by atoms with Crippen LogP contribution in [0.2, 0.25) is 0 Å². The van der Waals surface area contributed by atoms with Gasteiger partial charge < -0.3 is 16.2 Å². The number of carbonyl (C=O) groups excluding carboxylic acids is 2. The first-order valence-electron chi connectivity index (χ1n) is 13.7. The lowest BCUT2D eigenvalue weighted by Crippen LogP contribution is -2.27. The molecular formula is C32H26N8O3. The number of aryl methyl sites for hydroxylation is 2. The smallest absolute Gasteiger partial charge is 0.252 e. The minimum absolute atomic E-state index is 0.0779. The lowest BCUT2D eigenvalue weighted by Gasteiger charge is -2.17. The van der Waals surface area contributed by atoms with Gasteiger partial charge in [0.15, 0.2) is 23.6 Å². The van der Waals surface area contributed by atoms with Crippen LogP contribution in [0.15, 0.2) is 79.3 Å². The number of pyridine rings is 2. The van der Waals surface area contributed by atoms with Gasteiger partial charge in [-0.1, -0.05) is 6.07 Å². The third kappa shape index (κ3) is 4.47. The number of amides is 1. The summed E-state index contributed by atoms with van der Waals surface area (Å²) in [5, 5.41) is 17.4. The summed E-state index contributed by atoms with van der Waals surface area (Å²) in [6.07, 6.45) is 7.19. The minimum Gasteiger partial charge on any atom is -0.507 e. The highest BCUT2D eigenvalue weighted by molar-refractivity contribution is 5.98. The Labute approximate surface area is 245 Å². The summed E-state index contributed by atoms with van der Waals surface area (Å²) in [7, 11) is 0. The van der Waals surface area contributed by atoms with E-state index in [1.807, 2.05) is 53.2 Å². The molecule has 6 aromatic rings. The molecular weight excluding hydrogens is 544 g/mol. The first-order chi connectivity index (χ1) is 20.9. The maximum Gasteiger partial charge on any atom is 0.252 e. The second kappa shape index (κ2) is 10.2. The highest BCUT2D eigenvalue weighted by Crippen LogP contribution is 2.36. The van der Waals surface area contributed by atoms with Gasteiger partial charge in [0.1, 0.15) is 17.1 Å². The van der Waals surface area contributed by atoms with Crippen molar-refractivity contribution in [1.29, 1.82) is 0 Å². The van der Waals surface area contributed by atoms with Gasteiger partial charge in [0.05, 0.1) is 17.2 Å². The predicted octanol–water partition coefficient (Wildman–Crippen LogP) is 4.49. The van der Waals surface area contributed by atoms with Crippen molar-refractivity contribution < 1.29 is 14.7 Å². The Hall–Kier alpha value is -5.84. The van der Waals surface area contributed by atoms with Crippen molar-refractivity contribution in [1.82, 2.24) is 34.6 Å². The highest BCUT2D eigenvalue weighted by Gasteiger charge is 2.27. The number of nitrogens with zero attached hydrogens (tertiary/aromatic N) is 6. The Morgan fingerprint density at radius 1 is 1.09 bits per heavy atom. The zero-order valence-corrected chi connectivity index (χ0v) is 23.1. The number of anilines is 1. The number of nitrogens with two attached hydrogens (primary N) is 1. The van der Waals surface area contributed by atoms with Gasteiger partial charge in [-0.05, 0) is 91.1 Å². The Morgan fingerprint density at radius 3 is 2.77 bits per heavy atom. The van der Waals surface area contributed by atoms with E-state index in [4.69, 9.17) is 15.7 Å². The topological polar surface area (TPSA) is 154 Å². The monoisotopic (exact) mass is 570 g/mol.